The molecule has 0 radical (unpaired) electrons. The van der Waals surface area contributed by atoms with Crippen LogP contribution in [0.3, 0.4) is 0 Å². The van der Waals surface area contributed by atoms with Crippen molar-refractivity contribution >= 4 is 11.6 Å². The van der Waals surface area contributed by atoms with Crippen LogP contribution in [0, 0.1) is 5.82 Å². The molecular formula is C9H11ClFNO3. The van der Waals surface area contributed by atoms with E-state index in [0.717, 1.165) is 6.07 Å². The van der Waals surface area contributed by atoms with E-state index in [2.05, 4.69) is 4.98 Å². The normalized spacial score (nSPS) is 15.0. The van der Waals surface area contributed by atoms with Gasteiger partial charge in [-0.15, -0.1) is 0 Å². The molecule has 1 rings (SSSR count). The number of nitrogens with zero attached hydrogens (tertiary/aromatic N) is 1. The van der Waals surface area contributed by atoms with E-state index >= 15 is 0 Å². The summed E-state index contributed by atoms with van der Waals surface area (Å²) in [4.78, 5) is 3.50. The average molecular weight is 236 g/mol. The Morgan fingerprint density at radius 1 is 1.47 bits per heavy atom. The van der Waals surface area contributed by atoms with Gasteiger partial charge in [0.05, 0.1) is 6.10 Å². The number of pyridine rings is 1. The summed E-state index contributed by atoms with van der Waals surface area (Å²) in [7, 11) is 0. The van der Waals surface area contributed by atoms with E-state index < -0.39 is 18.0 Å². The Kier molecular flexibility index (Phi) is 4.41. The molecule has 2 atom stereocenters. The Hall–Kier alpha value is -0.750. The minimum absolute atomic E-state index is 0.00537. The molecule has 0 fully saturated rings. The zero-order valence-corrected chi connectivity index (χ0v) is 8.52. The van der Waals surface area contributed by atoms with Gasteiger partial charge in [-0.05, 0) is 12.5 Å². The van der Waals surface area contributed by atoms with Gasteiger partial charge in [-0.2, -0.15) is 0 Å². The van der Waals surface area contributed by atoms with Crippen LogP contribution in [-0.4, -0.2) is 33.0 Å². The number of aliphatic hydroxyl groups excluding tert-OH is 3. The van der Waals surface area contributed by atoms with Gasteiger partial charge in [0, 0.05) is 18.4 Å². The lowest BCUT2D eigenvalue weighted by molar-refractivity contribution is 0.00389. The monoisotopic (exact) mass is 235 g/mol. The summed E-state index contributed by atoms with van der Waals surface area (Å²) in [6.07, 6.45) is -1.25. The number of aromatic nitrogens is 1. The van der Waals surface area contributed by atoms with Gasteiger partial charge in [0.25, 0.3) is 0 Å². The number of hydrogen-bond acceptors (Lipinski definition) is 4. The third-order valence-corrected chi connectivity index (χ3v) is 2.23. The van der Waals surface area contributed by atoms with Crippen molar-refractivity contribution in [1.82, 2.24) is 4.98 Å². The quantitative estimate of drug-likeness (QED) is 0.670. The molecule has 0 spiro atoms. The van der Waals surface area contributed by atoms with E-state index in [9.17, 15) is 14.6 Å². The first-order valence-corrected chi connectivity index (χ1v) is 4.72. The minimum atomic E-state index is -1.28. The Morgan fingerprint density at radius 2 is 2.13 bits per heavy atom. The maximum Gasteiger partial charge on any atom is 0.164 e. The molecule has 84 valence electrons. The van der Waals surface area contributed by atoms with E-state index in [1.807, 2.05) is 0 Å². The standard InChI is InChI=1S/C9H11ClFNO3/c10-9-6(11)3-5(4-12-9)8(15)7(14)1-2-13/h3-4,7-8,13-15H,1-2H2. The van der Waals surface area contributed by atoms with Crippen molar-refractivity contribution < 1.29 is 19.7 Å². The van der Waals surface area contributed by atoms with Crippen LogP contribution in [0.2, 0.25) is 5.15 Å². The number of aliphatic hydroxyl groups is 3. The van der Waals surface area contributed by atoms with Crippen LogP contribution in [0.4, 0.5) is 4.39 Å². The maximum absolute atomic E-state index is 13.0. The van der Waals surface area contributed by atoms with Gasteiger partial charge in [0.15, 0.2) is 11.0 Å². The third-order valence-electron chi connectivity index (χ3n) is 1.95. The predicted molar refractivity (Wildman–Crippen MR) is 51.9 cm³/mol. The largest absolute Gasteiger partial charge is 0.396 e. The molecule has 0 aliphatic rings. The predicted octanol–water partition coefficient (Wildman–Crippen LogP) is 0.651. The molecule has 3 N–H and O–H groups in total. The lowest BCUT2D eigenvalue weighted by atomic mass is 10.0. The van der Waals surface area contributed by atoms with Gasteiger partial charge >= 0.3 is 0 Å². The summed E-state index contributed by atoms with van der Waals surface area (Å²) < 4.78 is 13.0. The van der Waals surface area contributed by atoms with E-state index in [4.69, 9.17) is 16.7 Å². The zero-order valence-electron chi connectivity index (χ0n) is 7.77. The molecule has 4 nitrogen and oxygen atoms in total. The van der Waals surface area contributed by atoms with Gasteiger partial charge in [-0.25, -0.2) is 9.37 Å². The molecule has 0 bridgehead atoms. The fourth-order valence-corrected chi connectivity index (χ4v) is 1.21. The Bertz CT molecular complexity index is 337. The highest BCUT2D eigenvalue weighted by molar-refractivity contribution is 6.29. The SMILES string of the molecule is OCCC(O)C(O)c1cnc(Cl)c(F)c1. The number of hydrogen-bond donors (Lipinski definition) is 3. The first-order valence-electron chi connectivity index (χ1n) is 4.34. The molecule has 1 aromatic heterocycles. The van der Waals surface area contributed by atoms with Crippen LogP contribution in [0.1, 0.15) is 18.1 Å². The topological polar surface area (TPSA) is 73.6 Å². The van der Waals surface area contributed by atoms with Gasteiger partial charge in [0.1, 0.15) is 6.10 Å². The fourth-order valence-electron chi connectivity index (χ4n) is 1.11. The molecule has 0 aromatic carbocycles. The summed E-state index contributed by atoms with van der Waals surface area (Å²) in [6, 6.07) is 1.00. The van der Waals surface area contributed by atoms with E-state index in [-0.39, 0.29) is 23.7 Å². The van der Waals surface area contributed by atoms with Crippen molar-refractivity contribution in [3.63, 3.8) is 0 Å². The summed E-state index contributed by atoms with van der Waals surface area (Å²) in [5, 5.41) is 27.1. The lowest BCUT2D eigenvalue weighted by Crippen LogP contribution is -2.19. The van der Waals surface area contributed by atoms with Crippen molar-refractivity contribution in [2.75, 3.05) is 6.61 Å². The van der Waals surface area contributed by atoms with Crippen molar-refractivity contribution in [3.05, 3.63) is 28.8 Å². The molecular weight excluding hydrogens is 225 g/mol. The number of halogens is 2. The molecule has 15 heavy (non-hydrogen) atoms. The zero-order chi connectivity index (χ0) is 11.4. The minimum Gasteiger partial charge on any atom is -0.396 e. The van der Waals surface area contributed by atoms with Crippen LogP contribution >= 0.6 is 11.6 Å². The first kappa shape index (κ1) is 12.3. The summed E-state index contributed by atoms with van der Waals surface area (Å²) in [5.74, 6) is -0.760. The second kappa shape index (κ2) is 5.37. The second-order valence-corrected chi connectivity index (χ2v) is 3.42. The summed E-state index contributed by atoms with van der Waals surface area (Å²) >= 11 is 5.36. The maximum atomic E-state index is 13.0. The lowest BCUT2D eigenvalue weighted by Gasteiger charge is -2.16. The fraction of sp³-hybridized carbons (Fsp3) is 0.444. The number of rotatable bonds is 4. The molecule has 0 aliphatic carbocycles. The van der Waals surface area contributed by atoms with Crippen LogP contribution in [0.5, 0.6) is 0 Å². The molecule has 0 aliphatic heterocycles. The van der Waals surface area contributed by atoms with Crippen molar-refractivity contribution in [1.29, 1.82) is 0 Å². The molecule has 1 heterocycles. The third kappa shape index (κ3) is 3.10. The highest BCUT2D eigenvalue weighted by atomic mass is 35.5. The molecule has 0 amide bonds. The summed E-state index contributed by atoms with van der Waals surface area (Å²) in [6.45, 7) is -0.262. The molecule has 1 aromatic rings. The highest BCUT2D eigenvalue weighted by Gasteiger charge is 2.19. The first-order chi connectivity index (χ1) is 7.06. The Balaban J connectivity index is 2.81. The smallest absolute Gasteiger partial charge is 0.164 e. The Morgan fingerprint density at radius 3 is 2.67 bits per heavy atom. The van der Waals surface area contributed by atoms with E-state index in [0.29, 0.717) is 0 Å². The van der Waals surface area contributed by atoms with Gasteiger partial charge in [-0.1, -0.05) is 11.6 Å². The van der Waals surface area contributed by atoms with Gasteiger partial charge in [0.2, 0.25) is 0 Å². The highest BCUT2D eigenvalue weighted by Crippen LogP contribution is 2.21. The van der Waals surface area contributed by atoms with Crippen LogP contribution in [-0.2, 0) is 0 Å². The summed E-state index contributed by atoms with van der Waals surface area (Å²) in [5.41, 5.74) is 0.123. The van der Waals surface area contributed by atoms with E-state index in [1.54, 1.807) is 0 Å². The molecule has 0 saturated heterocycles. The van der Waals surface area contributed by atoms with Crippen molar-refractivity contribution in [2.45, 2.75) is 18.6 Å². The van der Waals surface area contributed by atoms with Gasteiger partial charge in [-0.3, -0.25) is 0 Å². The average Bonchev–Trinajstić information content (AvgIpc) is 2.21. The van der Waals surface area contributed by atoms with Gasteiger partial charge < -0.3 is 15.3 Å². The van der Waals surface area contributed by atoms with Crippen LogP contribution in [0.15, 0.2) is 12.3 Å². The van der Waals surface area contributed by atoms with Crippen LogP contribution < -0.4 is 0 Å². The second-order valence-electron chi connectivity index (χ2n) is 3.07. The molecule has 0 saturated carbocycles. The van der Waals surface area contributed by atoms with E-state index in [1.165, 1.54) is 6.20 Å². The van der Waals surface area contributed by atoms with Crippen molar-refractivity contribution in [3.8, 4) is 0 Å². The Labute approximate surface area is 91.0 Å². The van der Waals surface area contributed by atoms with Crippen molar-refractivity contribution in [2.24, 2.45) is 0 Å². The van der Waals surface area contributed by atoms with Crippen LogP contribution in [0.25, 0.3) is 0 Å². The molecule has 2 unspecified atom stereocenters. The molecule has 6 heteroatoms.